The fourth-order valence-electron chi connectivity index (χ4n) is 2.41. The zero-order chi connectivity index (χ0) is 13.9. The maximum Gasteiger partial charge on any atom is 0.247 e. The number of nitrogens with zero attached hydrogens (tertiary/aromatic N) is 1. The van der Waals surface area contributed by atoms with Gasteiger partial charge in [0.25, 0.3) is 0 Å². The third kappa shape index (κ3) is 2.66. The number of amides is 2. The molecule has 2 aliphatic heterocycles. The minimum atomic E-state index is -0.128. The summed E-state index contributed by atoms with van der Waals surface area (Å²) in [4.78, 5) is 24.8. The molecule has 1 N–H and O–H groups in total. The smallest absolute Gasteiger partial charge is 0.247 e. The lowest BCUT2D eigenvalue weighted by Crippen LogP contribution is -2.49. The normalized spacial score (nSPS) is 17.8. The van der Waals surface area contributed by atoms with Crippen molar-refractivity contribution in [2.75, 3.05) is 26.2 Å². The molecule has 3 rings (SSSR count). The van der Waals surface area contributed by atoms with Crippen molar-refractivity contribution < 1.29 is 14.3 Å². The summed E-state index contributed by atoms with van der Waals surface area (Å²) in [6.07, 6.45) is 4.22. The van der Waals surface area contributed by atoms with Crippen LogP contribution in [0.2, 0.25) is 0 Å². The number of fused-ring (bicyclic) bond motifs is 1. The first-order valence-corrected chi connectivity index (χ1v) is 6.72. The maximum atomic E-state index is 12.0. The van der Waals surface area contributed by atoms with Crippen molar-refractivity contribution in [1.82, 2.24) is 10.2 Å². The van der Waals surface area contributed by atoms with Gasteiger partial charge in [0.15, 0.2) is 0 Å². The molecule has 2 amide bonds. The van der Waals surface area contributed by atoms with Crippen LogP contribution in [0.1, 0.15) is 11.1 Å². The molecule has 0 radical (unpaired) electrons. The van der Waals surface area contributed by atoms with E-state index in [1.165, 1.54) is 11.6 Å². The first-order valence-electron chi connectivity index (χ1n) is 6.72. The third-order valence-electron chi connectivity index (χ3n) is 3.48. The van der Waals surface area contributed by atoms with Crippen LogP contribution in [0.3, 0.4) is 0 Å². The molecule has 1 aromatic rings. The van der Waals surface area contributed by atoms with Gasteiger partial charge < -0.3 is 15.0 Å². The molecule has 0 spiro atoms. The summed E-state index contributed by atoms with van der Waals surface area (Å²) in [6, 6.07) is 5.90. The molecule has 0 atom stereocenters. The standard InChI is InChI=1S/C15H16N2O3/c18-14-10-17(7-6-16-14)15(19)4-2-11-1-3-13-12(9-11)5-8-20-13/h1-4,9H,5-8,10H2,(H,16,18)/b4-2-. The number of ether oxygens (including phenoxy) is 1. The second-order valence-corrected chi connectivity index (χ2v) is 4.91. The lowest BCUT2D eigenvalue weighted by Gasteiger charge is -2.25. The molecule has 1 aromatic carbocycles. The zero-order valence-electron chi connectivity index (χ0n) is 11.1. The fourth-order valence-corrected chi connectivity index (χ4v) is 2.41. The largest absolute Gasteiger partial charge is 0.493 e. The van der Waals surface area contributed by atoms with Gasteiger partial charge in [-0.15, -0.1) is 0 Å². The molecule has 0 bridgehead atoms. The minimum Gasteiger partial charge on any atom is -0.493 e. The maximum absolute atomic E-state index is 12.0. The van der Waals surface area contributed by atoms with E-state index in [0.29, 0.717) is 13.1 Å². The highest BCUT2D eigenvalue weighted by Gasteiger charge is 2.19. The van der Waals surface area contributed by atoms with E-state index < -0.39 is 0 Å². The number of benzene rings is 1. The van der Waals surface area contributed by atoms with Crippen LogP contribution < -0.4 is 10.1 Å². The molecule has 2 heterocycles. The molecule has 1 fully saturated rings. The summed E-state index contributed by atoms with van der Waals surface area (Å²) < 4.78 is 5.44. The van der Waals surface area contributed by atoms with Gasteiger partial charge in [0.2, 0.25) is 11.8 Å². The van der Waals surface area contributed by atoms with Crippen molar-refractivity contribution in [3.63, 3.8) is 0 Å². The average Bonchev–Trinajstić information content (AvgIpc) is 2.92. The SMILES string of the molecule is O=C1CN(C(=O)/C=C\c2ccc3c(c2)CCO3)CCN1. The van der Waals surface area contributed by atoms with Crippen LogP contribution >= 0.6 is 0 Å². The number of rotatable bonds is 2. The van der Waals surface area contributed by atoms with Crippen molar-refractivity contribution in [2.24, 2.45) is 0 Å². The molecular formula is C15H16N2O3. The number of hydrogen-bond acceptors (Lipinski definition) is 3. The second-order valence-electron chi connectivity index (χ2n) is 4.91. The molecule has 0 aliphatic carbocycles. The molecule has 5 nitrogen and oxygen atoms in total. The van der Waals surface area contributed by atoms with Gasteiger partial charge >= 0.3 is 0 Å². The van der Waals surface area contributed by atoms with Gasteiger partial charge in [-0.3, -0.25) is 9.59 Å². The van der Waals surface area contributed by atoms with Gasteiger partial charge in [0, 0.05) is 25.6 Å². The summed E-state index contributed by atoms with van der Waals surface area (Å²) in [6.45, 7) is 1.95. The summed E-state index contributed by atoms with van der Waals surface area (Å²) in [5, 5.41) is 2.70. The number of carbonyl (C=O) groups excluding carboxylic acids is 2. The third-order valence-corrected chi connectivity index (χ3v) is 3.48. The second kappa shape index (κ2) is 5.36. The van der Waals surface area contributed by atoms with E-state index in [4.69, 9.17) is 4.74 Å². The van der Waals surface area contributed by atoms with E-state index in [9.17, 15) is 9.59 Å². The molecule has 1 saturated heterocycles. The lowest BCUT2D eigenvalue weighted by atomic mass is 10.1. The number of hydrogen-bond donors (Lipinski definition) is 1. The topological polar surface area (TPSA) is 58.6 Å². The van der Waals surface area contributed by atoms with Crippen LogP contribution in [0.4, 0.5) is 0 Å². The summed E-state index contributed by atoms with van der Waals surface area (Å²) in [5.74, 6) is 0.699. The lowest BCUT2D eigenvalue weighted by molar-refractivity contribution is -0.134. The monoisotopic (exact) mass is 272 g/mol. The van der Waals surface area contributed by atoms with E-state index >= 15 is 0 Å². The molecule has 2 aliphatic rings. The van der Waals surface area contributed by atoms with Crippen LogP contribution in [0.25, 0.3) is 6.08 Å². The van der Waals surface area contributed by atoms with Crippen molar-refractivity contribution in [2.45, 2.75) is 6.42 Å². The van der Waals surface area contributed by atoms with E-state index in [2.05, 4.69) is 5.32 Å². The van der Waals surface area contributed by atoms with E-state index in [1.807, 2.05) is 18.2 Å². The Morgan fingerprint density at radius 3 is 3.15 bits per heavy atom. The van der Waals surface area contributed by atoms with Crippen LogP contribution in [-0.2, 0) is 16.0 Å². The first kappa shape index (κ1) is 12.7. The Morgan fingerprint density at radius 2 is 2.30 bits per heavy atom. The summed E-state index contributed by atoms with van der Waals surface area (Å²) >= 11 is 0. The van der Waals surface area contributed by atoms with Gasteiger partial charge in [-0.25, -0.2) is 0 Å². The Labute approximate surface area is 117 Å². The van der Waals surface area contributed by atoms with Crippen LogP contribution in [0.15, 0.2) is 24.3 Å². The van der Waals surface area contributed by atoms with E-state index in [1.54, 1.807) is 11.0 Å². The highest BCUT2D eigenvalue weighted by Crippen LogP contribution is 2.26. The number of nitrogens with one attached hydrogen (secondary N) is 1. The van der Waals surface area contributed by atoms with Crippen molar-refractivity contribution in [3.8, 4) is 5.75 Å². The zero-order valence-corrected chi connectivity index (χ0v) is 11.1. The Hall–Kier alpha value is -2.30. The fraction of sp³-hybridized carbons (Fsp3) is 0.333. The minimum absolute atomic E-state index is 0.104. The van der Waals surface area contributed by atoms with Gasteiger partial charge in [-0.05, 0) is 29.3 Å². The summed E-state index contributed by atoms with van der Waals surface area (Å²) in [7, 11) is 0. The molecule has 5 heteroatoms. The Balaban J connectivity index is 1.67. The summed E-state index contributed by atoms with van der Waals surface area (Å²) in [5.41, 5.74) is 2.15. The first-order chi connectivity index (χ1) is 9.72. The van der Waals surface area contributed by atoms with Gasteiger partial charge in [0.1, 0.15) is 5.75 Å². The average molecular weight is 272 g/mol. The van der Waals surface area contributed by atoms with Crippen LogP contribution in [-0.4, -0.2) is 43.0 Å². The number of carbonyl (C=O) groups is 2. The molecular weight excluding hydrogens is 256 g/mol. The predicted octanol–water partition coefficient (Wildman–Crippen LogP) is 0.593. The number of piperazine rings is 1. The molecule has 0 saturated carbocycles. The molecule has 0 unspecified atom stereocenters. The Bertz CT molecular complexity index is 580. The van der Waals surface area contributed by atoms with Gasteiger partial charge in [0.05, 0.1) is 13.2 Å². The Morgan fingerprint density at radius 1 is 1.40 bits per heavy atom. The van der Waals surface area contributed by atoms with Crippen molar-refractivity contribution in [3.05, 3.63) is 35.4 Å². The predicted molar refractivity (Wildman–Crippen MR) is 74.3 cm³/mol. The molecule has 0 aromatic heterocycles. The quantitative estimate of drug-likeness (QED) is 0.802. The van der Waals surface area contributed by atoms with Crippen LogP contribution in [0.5, 0.6) is 5.75 Å². The highest BCUT2D eigenvalue weighted by atomic mass is 16.5. The molecule has 104 valence electrons. The van der Waals surface area contributed by atoms with Crippen molar-refractivity contribution in [1.29, 1.82) is 0 Å². The molecule has 20 heavy (non-hydrogen) atoms. The highest BCUT2D eigenvalue weighted by molar-refractivity contribution is 5.95. The van der Waals surface area contributed by atoms with E-state index in [-0.39, 0.29) is 18.4 Å². The Kier molecular flexibility index (Phi) is 3.41. The van der Waals surface area contributed by atoms with Gasteiger partial charge in [-0.1, -0.05) is 6.07 Å². The van der Waals surface area contributed by atoms with Crippen molar-refractivity contribution >= 4 is 17.9 Å². The van der Waals surface area contributed by atoms with E-state index in [0.717, 1.165) is 24.3 Å². The van der Waals surface area contributed by atoms with Gasteiger partial charge in [-0.2, -0.15) is 0 Å². The van der Waals surface area contributed by atoms with Crippen LogP contribution in [0, 0.1) is 0 Å².